The van der Waals surface area contributed by atoms with Crippen LogP contribution in [-0.4, -0.2) is 47.3 Å². The third-order valence-corrected chi connectivity index (χ3v) is 7.39. The average Bonchev–Trinajstić information content (AvgIpc) is 2.88. The molecule has 6 nitrogen and oxygen atoms in total. The lowest BCUT2D eigenvalue weighted by molar-refractivity contribution is -0.0871. The van der Waals surface area contributed by atoms with Crippen molar-refractivity contribution in [2.75, 3.05) is 13.1 Å². The zero-order valence-electron chi connectivity index (χ0n) is 21.4. The molecule has 2 aromatic rings. The molecule has 1 amide bonds. The number of halogens is 2. The summed E-state index contributed by atoms with van der Waals surface area (Å²) < 4.78 is 34.9. The number of unbranched alkanes of at least 4 members (excludes halogenated alkanes) is 1. The lowest BCUT2D eigenvalue weighted by atomic mass is 9.88. The zero-order chi connectivity index (χ0) is 25.5. The second-order valence-corrected chi connectivity index (χ2v) is 10.2. The molecule has 2 fully saturated rings. The smallest absolute Gasteiger partial charge is 0.272 e. The molecule has 8 heteroatoms. The fourth-order valence-electron chi connectivity index (χ4n) is 5.17. The molecule has 2 N–H and O–H groups in total. The predicted octanol–water partition coefficient (Wildman–Crippen LogP) is 5.56. The molecule has 1 aliphatic heterocycles. The number of rotatable bonds is 9. The average molecular weight is 501 g/mol. The largest absolute Gasteiger partial charge is 0.490 e. The summed E-state index contributed by atoms with van der Waals surface area (Å²) in [6.07, 6.45) is 8.66. The summed E-state index contributed by atoms with van der Waals surface area (Å²) in [6.45, 7) is 4.18. The van der Waals surface area contributed by atoms with Crippen LogP contribution in [0, 0.1) is 5.92 Å². The molecular weight excluding hydrogens is 462 g/mol. The van der Waals surface area contributed by atoms with Gasteiger partial charge in [-0.25, -0.2) is 8.78 Å². The SMILES string of the molecule is CCCCc1nnc(C(=O)NC(C)C2CNCCC2(F)F)cc1-c1ccc(OC2CCCCC2)cc1. The van der Waals surface area contributed by atoms with Gasteiger partial charge < -0.3 is 15.4 Å². The highest BCUT2D eigenvalue weighted by atomic mass is 19.3. The number of ether oxygens (including phenoxy) is 1. The second-order valence-electron chi connectivity index (χ2n) is 10.2. The Bertz CT molecular complexity index is 1010. The highest BCUT2D eigenvalue weighted by Crippen LogP contribution is 2.33. The van der Waals surface area contributed by atoms with Crippen LogP contribution in [0.25, 0.3) is 11.1 Å². The summed E-state index contributed by atoms with van der Waals surface area (Å²) in [5.74, 6) is -3.43. The highest BCUT2D eigenvalue weighted by molar-refractivity contribution is 5.93. The molecular formula is C28H38F2N4O2. The number of aryl methyl sites for hydroxylation is 1. The van der Waals surface area contributed by atoms with E-state index in [0.29, 0.717) is 0 Å². The Kier molecular flexibility index (Phi) is 8.88. The molecule has 2 atom stereocenters. The maximum atomic E-state index is 14.4. The third kappa shape index (κ3) is 6.58. The summed E-state index contributed by atoms with van der Waals surface area (Å²) in [5.41, 5.74) is 2.72. The van der Waals surface area contributed by atoms with E-state index in [1.165, 1.54) is 19.3 Å². The van der Waals surface area contributed by atoms with E-state index in [9.17, 15) is 13.6 Å². The first-order valence-electron chi connectivity index (χ1n) is 13.4. The summed E-state index contributed by atoms with van der Waals surface area (Å²) >= 11 is 0. The van der Waals surface area contributed by atoms with E-state index in [1.54, 1.807) is 13.0 Å². The van der Waals surface area contributed by atoms with Gasteiger partial charge in [-0.1, -0.05) is 31.9 Å². The minimum Gasteiger partial charge on any atom is -0.490 e. The Morgan fingerprint density at radius 2 is 1.94 bits per heavy atom. The molecule has 36 heavy (non-hydrogen) atoms. The van der Waals surface area contributed by atoms with E-state index in [4.69, 9.17) is 4.74 Å². The molecule has 1 aliphatic carbocycles. The Morgan fingerprint density at radius 1 is 1.19 bits per heavy atom. The van der Waals surface area contributed by atoms with Crippen molar-refractivity contribution in [1.29, 1.82) is 0 Å². The number of hydrogen-bond acceptors (Lipinski definition) is 5. The van der Waals surface area contributed by atoms with Gasteiger partial charge in [0.05, 0.1) is 17.7 Å². The number of carbonyl (C=O) groups excluding carboxylic acids is 1. The molecule has 196 valence electrons. The predicted molar refractivity (Wildman–Crippen MR) is 136 cm³/mol. The van der Waals surface area contributed by atoms with E-state index in [2.05, 4.69) is 27.8 Å². The first kappa shape index (κ1) is 26.5. The van der Waals surface area contributed by atoms with E-state index in [-0.39, 0.29) is 31.3 Å². The summed E-state index contributed by atoms with van der Waals surface area (Å²) in [4.78, 5) is 13.0. The van der Waals surface area contributed by atoms with Crippen molar-refractivity contribution in [3.8, 4) is 16.9 Å². The van der Waals surface area contributed by atoms with Crippen molar-refractivity contribution in [3.63, 3.8) is 0 Å². The van der Waals surface area contributed by atoms with Crippen LogP contribution in [0.2, 0.25) is 0 Å². The van der Waals surface area contributed by atoms with Gasteiger partial charge in [0.25, 0.3) is 11.8 Å². The van der Waals surface area contributed by atoms with Gasteiger partial charge in [0.15, 0.2) is 5.69 Å². The molecule has 2 unspecified atom stereocenters. The van der Waals surface area contributed by atoms with Crippen molar-refractivity contribution in [1.82, 2.24) is 20.8 Å². The molecule has 0 bridgehead atoms. The topological polar surface area (TPSA) is 76.1 Å². The number of amides is 1. The minimum absolute atomic E-state index is 0.131. The van der Waals surface area contributed by atoms with Crippen molar-refractivity contribution >= 4 is 5.91 Å². The zero-order valence-corrected chi connectivity index (χ0v) is 21.4. The fourth-order valence-corrected chi connectivity index (χ4v) is 5.17. The number of piperidine rings is 1. The maximum Gasteiger partial charge on any atom is 0.272 e. The number of aromatic nitrogens is 2. The standard InChI is InChI=1S/C28H38F2N4O2/c1-3-4-10-25-23(20-11-13-22(14-12-20)36-21-8-6-5-7-9-21)17-26(34-33-25)27(35)32-19(2)24-18-31-16-15-28(24,29)30/h11-14,17,19,21,24,31H,3-10,15-16,18H2,1-2H3,(H,32,35). The van der Waals surface area contributed by atoms with Gasteiger partial charge in [0.2, 0.25) is 0 Å². The summed E-state index contributed by atoms with van der Waals surface area (Å²) in [5, 5.41) is 14.3. The quantitative estimate of drug-likeness (QED) is 0.471. The number of benzene rings is 1. The van der Waals surface area contributed by atoms with E-state index in [0.717, 1.165) is 54.7 Å². The van der Waals surface area contributed by atoms with Crippen molar-refractivity contribution < 1.29 is 18.3 Å². The lowest BCUT2D eigenvalue weighted by Gasteiger charge is -2.36. The van der Waals surface area contributed by atoms with Crippen molar-refractivity contribution in [2.45, 2.75) is 89.7 Å². The summed E-state index contributed by atoms with van der Waals surface area (Å²) in [7, 11) is 0. The van der Waals surface area contributed by atoms with Gasteiger partial charge in [-0.05, 0) is 69.2 Å². The Balaban J connectivity index is 1.51. The molecule has 1 aromatic heterocycles. The van der Waals surface area contributed by atoms with E-state index >= 15 is 0 Å². The lowest BCUT2D eigenvalue weighted by Crippen LogP contribution is -2.54. The fraction of sp³-hybridized carbons (Fsp3) is 0.607. The minimum atomic E-state index is -2.82. The van der Waals surface area contributed by atoms with Gasteiger partial charge in [0.1, 0.15) is 5.75 Å². The van der Waals surface area contributed by atoms with Gasteiger partial charge in [-0.2, -0.15) is 5.10 Å². The van der Waals surface area contributed by atoms with Crippen LogP contribution in [0.4, 0.5) is 8.78 Å². The monoisotopic (exact) mass is 500 g/mol. The Labute approximate surface area is 212 Å². The molecule has 4 rings (SSSR count). The molecule has 1 saturated heterocycles. The van der Waals surface area contributed by atoms with Gasteiger partial charge >= 0.3 is 0 Å². The number of carbonyl (C=O) groups is 1. The van der Waals surface area contributed by atoms with Crippen LogP contribution >= 0.6 is 0 Å². The normalized spacial score (nSPS) is 21.1. The van der Waals surface area contributed by atoms with Gasteiger partial charge in [-0.15, -0.1) is 5.10 Å². The first-order chi connectivity index (χ1) is 17.4. The van der Waals surface area contributed by atoms with Crippen LogP contribution in [0.5, 0.6) is 5.75 Å². The Morgan fingerprint density at radius 3 is 2.64 bits per heavy atom. The van der Waals surface area contributed by atoms with Gasteiger partial charge in [0, 0.05) is 31.1 Å². The highest BCUT2D eigenvalue weighted by Gasteiger charge is 2.44. The van der Waals surface area contributed by atoms with Gasteiger partial charge in [-0.3, -0.25) is 4.79 Å². The first-order valence-corrected chi connectivity index (χ1v) is 13.4. The van der Waals surface area contributed by atoms with Crippen LogP contribution in [0.1, 0.15) is 81.4 Å². The molecule has 0 radical (unpaired) electrons. The van der Waals surface area contributed by atoms with E-state index in [1.807, 2.05) is 24.3 Å². The number of hydrogen-bond donors (Lipinski definition) is 2. The molecule has 1 saturated carbocycles. The van der Waals surface area contributed by atoms with E-state index < -0.39 is 23.8 Å². The van der Waals surface area contributed by atoms with Crippen LogP contribution in [-0.2, 0) is 6.42 Å². The maximum absolute atomic E-state index is 14.4. The summed E-state index contributed by atoms with van der Waals surface area (Å²) in [6, 6.07) is 8.93. The van der Waals surface area contributed by atoms with Crippen molar-refractivity contribution in [2.24, 2.45) is 5.92 Å². The number of nitrogens with zero attached hydrogens (tertiary/aromatic N) is 2. The number of alkyl halides is 2. The molecule has 2 heterocycles. The molecule has 1 aromatic carbocycles. The third-order valence-electron chi connectivity index (χ3n) is 7.39. The molecule has 2 aliphatic rings. The van der Waals surface area contributed by atoms with Crippen LogP contribution in [0.15, 0.2) is 30.3 Å². The number of nitrogens with one attached hydrogen (secondary N) is 2. The Hall–Kier alpha value is -2.61. The molecule has 0 spiro atoms. The van der Waals surface area contributed by atoms with Crippen LogP contribution in [0.3, 0.4) is 0 Å². The van der Waals surface area contributed by atoms with Crippen LogP contribution < -0.4 is 15.4 Å². The second kappa shape index (κ2) is 12.1. The van der Waals surface area contributed by atoms with Crippen molar-refractivity contribution in [3.05, 3.63) is 41.7 Å².